The molecule has 0 saturated carbocycles. The zero-order valence-corrected chi connectivity index (χ0v) is 13.3. The van der Waals surface area contributed by atoms with Gasteiger partial charge in [0.25, 0.3) is 0 Å². The lowest BCUT2D eigenvalue weighted by atomic mass is 10.0. The van der Waals surface area contributed by atoms with Crippen molar-refractivity contribution in [1.29, 1.82) is 0 Å². The lowest BCUT2D eigenvalue weighted by molar-refractivity contribution is 0.140. The summed E-state index contributed by atoms with van der Waals surface area (Å²) in [5.74, 6) is 0.646. The average Bonchev–Trinajstić information content (AvgIpc) is 2.51. The van der Waals surface area contributed by atoms with Crippen LogP contribution in [0.3, 0.4) is 0 Å². The Hall–Kier alpha value is -1.13. The number of aromatic nitrogens is 1. The summed E-state index contributed by atoms with van der Waals surface area (Å²) in [4.78, 5) is 6.82. The fraction of sp³-hybridized carbons (Fsp3) is 0.688. The van der Waals surface area contributed by atoms with Crippen molar-refractivity contribution in [3.05, 3.63) is 23.9 Å². The van der Waals surface area contributed by atoms with Crippen LogP contribution in [0.15, 0.2) is 18.3 Å². The Morgan fingerprint density at radius 1 is 1.35 bits per heavy atom. The van der Waals surface area contributed by atoms with Gasteiger partial charge in [0.15, 0.2) is 0 Å². The van der Waals surface area contributed by atoms with E-state index in [1.165, 1.54) is 18.4 Å². The second-order valence-corrected chi connectivity index (χ2v) is 5.23. The number of methoxy groups -OCH3 is 1. The van der Waals surface area contributed by atoms with Crippen molar-refractivity contribution in [1.82, 2.24) is 9.88 Å². The van der Waals surface area contributed by atoms with Gasteiger partial charge in [0.05, 0.1) is 7.11 Å². The number of hydrogen-bond acceptors (Lipinski definition) is 4. The van der Waals surface area contributed by atoms with Gasteiger partial charge in [-0.05, 0) is 31.9 Å². The zero-order valence-electron chi connectivity index (χ0n) is 13.3. The Labute approximate surface area is 123 Å². The largest absolute Gasteiger partial charge is 0.481 e. The van der Waals surface area contributed by atoms with E-state index in [1.54, 1.807) is 7.11 Å². The van der Waals surface area contributed by atoms with Gasteiger partial charge >= 0.3 is 0 Å². The normalized spacial score (nSPS) is 14.3. The second kappa shape index (κ2) is 8.93. The Kier molecular flexibility index (Phi) is 7.55. The van der Waals surface area contributed by atoms with Crippen molar-refractivity contribution in [2.24, 2.45) is 5.73 Å². The highest BCUT2D eigenvalue weighted by atomic mass is 16.5. The Morgan fingerprint density at radius 3 is 2.55 bits per heavy atom. The van der Waals surface area contributed by atoms with Gasteiger partial charge in [-0.1, -0.05) is 26.3 Å². The molecule has 1 aromatic heterocycles. The molecule has 0 aliphatic rings. The highest BCUT2D eigenvalue weighted by Gasteiger charge is 2.22. The van der Waals surface area contributed by atoms with Crippen LogP contribution in [0.1, 0.15) is 51.6 Å². The molecule has 1 heterocycles. The Bertz CT molecular complexity index is 366. The van der Waals surface area contributed by atoms with Crippen LogP contribution in [0.5, 0.6) is 5.88 Å². The van der Waals surface area contributed by atoms with Crippen LogP contribution in [0.25, 0.3) is 0 Å². The average molecular weight is 279 g/mol. The van der Waals surface area contributed by atoms with Crippen LogP contribution in [0, 0.1) is 0 Å². The van der Waals surface area contributed by atoms with Crippen molar-refractivity contribution < 1.29 is 4.74 Å². The number of hydrogen-bond donors (Lipinski definition) is 1. The molecule has 0 fully saturated rings. The van der Waals surface area contributed by atoms with Crippen molar-refractivity contribution in [2.45, 2.75) is 52.1 Å². The van der Waals surface area contributed by atoms with Crippen LogP contribution >= 0.6 is 0 Å². The predicted molar refractivity (Wildman–Crippen MR) is 84.0 cm³/mol. The molecule has 0 amide bonds. The van der Waals surface area contributed by atoms with E-state index in [9.17, 15) is 0 Å². The van der Waals surface area contributed by atoms with E-state index >= 15 is 0 Å². The molecule has 0 radical (unpaired) electrons. The summed E-state index contributed by atoms with van der Waals surface area (Å²) in [5, 5.41) is 0. The number of nitrogens with zero attached hydrogens (tertiary/aromatic N) is 2. The van der Waals surface area contributed by atoms with E-state index in [0.29, 0.717) is 18.5 Å². The van der Waals surface area contributed by atoms with E-state index in [0.717, 1.165) is 13.0 Å². The summed E-state index contributed by atoms with van der Waals surface area (Å²) in [7, 11) is 1.63. The highest BCUT2D eigenvalue weighted by molar-refractivity contribution is 5.21. The summed E-state index contributed by atoms with van der Waals surface area (Å²) in [6.45, 7) is 8.42. The van der Waals surface area contributed by atoms with E-state index < -0.39 is 0 Å². The maximum Gasteiger partial charge on any atom is 0.212 e. The molecule has 2 atom stereocenters. The molecular formula is C16H29N3O. The molecule has 0 saturated heterocycles. The number of unbranched alkanes of at least 4 members (excludes halogenated alkanes) is 1. The third-order valence-electron chi connectivity index (χ3n) is 3.90. The predicted octanol–water partition coefficient (Wildman–Crippen LogP) is 2.99. The van der Waals surface area contributed by atoms with Gasteiger partial charge in [-0.2, -0.15) is 0 Å². The van der Waals surface area contributed by atoms with Crippen LogP contribution in [-0.4, -0.2) is 36.1 Å². The van der Waals surface area contributed by atoms with E-state index in [1.807, 2.05) is 12.3 Å². The van der Waals surface area contributed by atoms with Crippen LogP contribution in [0.2, 0.25) is 0 Å². The minimum atomic E-state index is 0.231. The minimum Gasteiger partial charge on any atom is -0.481 e. The van der Waals surface area contributed by atoms with Gasteiger partial charge in [-0.3, -0.25) is 4.90 Å². The smallest absolute Gasteiger partial charge is 0.212 e. The first-order chi connectivity index (χ1) is 9.67. The quantitative estimate of drug-likeness (QED) is 0.755. The third-order valence-corrected chi connectivity index (χ3v) is 3.90. The molecule has 114 valence electrons. The SMILES string of the molecule is CCCCN(C(C)CC)C(CN)c1ccc(OC)nc1. The molecule has 2 N–H and O–H groups in total. The van der Waals surface area contributed by atoms with Crippen molar-refractivity contribution >= 4 is 0 Å². The van der Waals surface area contributed by atoms with Crippen LogP contribution in [0.4, 0.5) is 0 Å². The Morgan fingerprint density at radius 2 is 2.10 bits per heavy atom. The molecule has 20 heavy (non-hydrogen) atoms. The summed E-state index contributed by atoms with van der Waals surface area (Å²) in [6.07, 6.45) is 5.41. The number of ether oxygens (including phenoxy) is 1. The highest BCUT2D eigenvalue weighted by Crippen LogP contribution is 2.24. The zero-order chi connectivity index (χ0) is 15.0. The first-order valence-electron chi connectivity index (χ1n) is 7.63. The summed E-state index contributed by atoms with van der Waals surface area (Å²) in [6, 6.07) is 4.74. The second-order valence-electron chi connectivity index (χ2n) is 5.23. The van der Waals surface area contributed by atoms with Gasteiger partial charge in [-0.15, -0.1) is 0 Å². The Balaban J connectivity index is 2.91. The molecule has 1 aromatic rings. The van der Waals surface area contributed by atoms with Gasteiger partial charge in [0.2, 0.25) is 5.88 Å². The lowest BCUT2D eigenvalue weighted by Crippen LogP contribution is -2.40. The molecule has 0 aromatic carbocycles. The standard InChI is InChI=1S/C16H29N3O/c1-5-7-10-19(13(3)6-2)15(11-17)14-8-9-16(20-4)18-12-14/h8-9,12-13,15H,5-7,10-11,17H2,1-4H3. The van der Waals surface area contributed by atoms with E-state index in [-0.39, 0.29) is 6.04 Å². The van der Waals surface area contributed by atoms with Gasteiger partial charge in [0.1, 0.15) is 0 Å². The van der Waals surface area contributed by atoms with Gasteiger partial charge in [-0.25, -0.2) is 4.98 Å². The van der Waals surface area contributed by atoms with Crippen molar-refractivity contribution in [3.63, 3.8) is 0 Å². The van der Waals surface area contributed by atoms with Crippen LogP contribution < -0.4 is 10.5 Å². The molecule has 4 nitrogen and oxygen atoms in total. The van der Waals surface area contributed by atoms with E-state index in [4.69, 9.17) is 10.5 Å². The first-order valence-corrected chi connectivity index (χ1v) is 7.63. The first kappa shape index (κ1) is 16.9. The third kappa shape index (κ3) is 4.46. The van der Waals surface area contributed by atoms with Crippen molar-refractivity contribution in [3.8, 4) is 5.88 Å². The fourth-order valence-corrected chi connectivity index (χ4v) is 2.43. The minimum absolute atomic E-state index is 0.231. The molecule has 1 rings (SSSR count). The van der Waals surface area contributed by atoms with Crippen molar-refractivity contribution in [2.75, 3.05) is 20.2 Å². The van der Waals surface area contributed by atoms with Gasteiger partial charge in [0, 0.05) is 30.9 Å². The number of nitrogens with two attached hydrogens (primary N) is 1. The molecule has 2 unspecified atom stereocenters. The summed E-state index contributed by atoms with van der Waals surface area (Å²) < 4.78 is 5.12. The molecular weight excluding hydrogens is 250 g/mol. The molecule has 0 spiro atoms. The maximum absolute atomic E-state index is 6.04. The molecule has 4 heteroatoms. The number of rotatable bonds is 9. The monoisotopic (exact) mass is 279 g/mol. The summed E-state index contributed by atoms with van der Waals surface area (Å²) >= 11 is 0. The molecule has 0 aliphatic carbocycles. The summed E-state index contributed by atoms with van der Waals surface area (Å²) in [5.41, 5.74) is 7.21. The molecule has 0 aliphatic heterocycles. The number of pyridine rings is 1. The fourth-order valence-electron chi connectivity index (χ4n) is 2.43. The van der Waals surface area contributed by atoms with Gasteiger partial charge < -0.3 is 10.5 Å². The maximum atomic E-state index is 6.04. The van der Waals surface area contributed by atoms with Crippen LogP contribution in [-0.2, 0) is 0 Å². The lowest BCUT2D eigenvalue weighted by Gasteiger charge is -2.35. The molecule has 0 bridgehead atoms. The van der Waals surface area contributed by atoms with E-state index in [2.05, 4.69) is 36.7 Å². The topological polar surface area (TPSA) is 51.4 Å².